The maximum Gasteiger partial charge on any atom is 0.414 e. The Morgan fingerprint density at radius 1 is 1.44 bits per heavy atom. The van der Waals surface area contributed by atoms with Gasteiger partial charge in [-0.05, 0) is 23.1 Å². The van der Waals surface area contributed by atoms with Gasteiger partial charge in [-0.1, -0.05) is 6.07 Å². The summed E-state index contributed by atoms with van der Waals surface area (Å²) in [5.74, 6) is -0.326. The van der Waals surface area contributed by atoms with Crippen LogP contribution >= 0.6 is 0 Å². The van der Waals surface area contributed by atoms with Gasteiger partial charge in [0.1, 0.15) is 19.3 Å². The molecule has 0 aliphatic carbocycles. The van der Waals surface area contributed by atoms with E-state index >= 15 is 0 Å². The molecule has 1 aromatic heterocycles. The van der Waals surface area contributed by atoms with Crippen molar-refractivity contribution in [3.8, 4) is 0 Å². The van der Waals surface area contributed by atoms with Crippen molar-refractivity contribution in [3.05, 3.63) is 52.0 Å². The number of ether oxygens (including phenoxy) is 1. The van der Waals surface area contributed by atoms with Crippen molar-refractivity contribution in [3.63, 3.8) is 0 Å². The van der Waals surface area contributed by atoms with Crippen molar-refractivity contribution in [2.45, 2.75) is 13.5 Å². The molecule has 1 aromatic carbocycles. The molecule has 0 saturated carbocycles. The van der Waals surface area contributed by atoms with E-state index < -0.39 is 16.9 Å². The van der Waals surface area contributed by atoms with Crippen LogP contribution in [0.15, 0.2) is 30.5 Å². The van der Waals surface area contributed by atoms with Gasteiger partial charge in [0.2, 0.25) is 5.91 Å². The number of carbonyl (C=O) groups is 2. The molecule has 0 radical (unpaired) electrons. The van der Waals surface area contributed by atoms with Crippen molar-refractivity contribution in [2.24, 2.45) is 5.73 Å². The van der Waals surface area contributed by atoms with Crippen LogP contribution in [-0.4, -0.2) is 40.1 Å². The number of rotatable bonds is 6. The summed E-state index contributed by atoms with van der Waals surface area (Å²) in [6.07, 6.45) is 0.487. The van der Waals surface area contributed by atoms with Crippen molar-refractivity contribution < 1.29 is 19.2 Å². The highest BCUT2D eigenvalue weighted by atomic mass is 16.6. The summed E-state index contributed by atoms with van der Waals surface area (Å²) in [7, 11) is 1.48. The zero-order valence-corrected chi connectivity index (χ0v) is 13.7. The van der Waals surface area contributed by atoms with Gasteiger partial charge in [0.05, 0.1) is 0 Å². The fourth-order valence-electron chi connectivity index (χ4n) is 2.17. The molecule has 2 amide bonds. The number of nitro groups is 1. The molecule has 25 heavy (non-hydrogen) atoms. The number of primary amides is 1. The van der Waals surface area contributed by atoms with Gasteiger partial charge in [-0.25, -0.2) is 14.3 Å². The number of anilines is 1. The highest BCUT2D eigenvalue weighted by molar-refractivity contribution is 5.95. The number of nitrogens with two attached hydrogens (primary N) is 1. The number of aromatic nitrogens is 2. The van der Waals surface area contributed by atoms with Gasteiger partial charge < -0.3 is 20.6 Å². The van der Waals surface area contributed by atoms with Crippen molar-refractivity contribution >= 4 is 23.5 Å². The molecule has 0 bridgehead atoms. The molecule has 10 nitrogen and oxygen atoms in total. The van der Waals surface area contributed by atoms with E-state index in [0.29, 0.717) is 11.5 Å². The van der Waals surface area contributed by atoms with E-state index in [2.05, 4.69) is 4.98 Å². The smallest absolute Gasteiger partial charge is 0.414 e. The van der Waals surface area contributed by atoms with Crippen LogP contribution < -0.4 is 10.6 Å². The number of carbonyl (C=O) groups excluding carboxylic acids is 2. The molecular weight excluding hydrogens is 330 g/mol. The quantitative estimate of drug-likeness (QED) is 0.621. The number of amides is 2. The number of hydrogen-bond donors (Lipinski definition) is 1. The zero-order chi connectivity index (χ0) is 18.6. The van der Waals surface area contributed by atoms with Crippen molar-refractivity contribution in [2.75, 3.05) is 18.6 Å². The second-order valence-electron chi connectivity index (χ2n) is 5.16. The van der Waals surface area contributed by atoms with Gasteiger partial charge in [0.15, 0.2) is 5.82 Å². The standard InChI is InChI=1S/C15H17N5O5/c1-10-17-9-13(20(23)24)19(10)6-7-25-15(22)18(2)12-5-3-4-11(8-12)14(16)21/h3-5,8-9H,6-7H2,1-2H3,(H2,16,21). The van der Waals surface area contributed by atoms with Gasteiger partial charge in [-0.15, -0.1) is 0 Å². The molecule has 0 spiro atoms. The summed E-state index contributed by atoms with van der Waals surface area (Å²) in [6.45, 7) is 1.65. The summed E-state index contributed by atoms with van der Waals surface area (Å²) in [5, 5.41) is 10.9. The Hall–Kier alpha value is -3.43. The molecule has 0 unspecified atom stereocenters. The lowest BCUT2D eigenvalue weighted by atomic mass is 10.2. The molecule has 2 N–H and O–H groups in total. The second-order valence-corrected chi connectivity index (χ2v) is 5.16. The van der Waals surface area contributed by atoms with Crippen LogP contribution in [0.4, 0.5) is 16.3 Å². The first-order chi connectivity index (χ1) is 11.8. The third-order valence-corrected chi connectivity index (χ3v) is 3.55. The normalized spacial score (nSPS) is 10.3. The highest BCUT2D eigenvalue weighted by Gasteiger charge is 2.19. The van der Waals surface area contributed by atoms with Gasteiger partial charge in [0, 0.05) is 25.2 Å². The third-order valence-electron chi connectivity index (χ3n) is 3.55. The Labute approximate surface area is 143 Å². The molecule has 10 heteroatoms. The summed E-state index contributed by atoms with van der Waals surface area (Å²) in [4.78, 5) is 38.7. The van der Waals surface area contributed by atoms with E-state index in [9.17, 15) is 19.7 Å². The Balaban J connectivity index is 1.99. The van der Waals surface area contributed by atoms with Crippen LogP contribution in [0.3, 0.4) is 0 Å². The van der Waals surface area contributed by atoms with Gasteiger partial charge in [-0.3, -0.25) is 9.69 Å². The minimum Gasteiger partial charge on any atom is -0.445 e. The molecule has 1 heterocycles. The predicted octanol–water partition coefficient (Wildman–Crippen LogP) is 1.47. The Morgan fingerprint density at radius 3 is 2.80 bits per heavy atom. The molecule has 0 aliphatic rings. The molecule has 0 saturated heterocycles. The summed E-state index contributed by atoms with van der Waals surface area (Å²) < 4.78 is 6.47. The minimum absolute atomic E-state index is 0.0727. The lowest BCUT2D eigenvalue weighted by Gasteiger charge is -2.17. The molecular formula is C15H17N5O5. The lowest BCUT2D eigenvalue weighted by Crippen LogP contribution is -2.28. The van der Waals surface area contributed by atoms with E-state index in [1.165, 1.54) is 28.6 Å². The van der Waals surface area contributed by atoms with Crippen molar-refractivity contribution in [1.82, 2.24) is 9.55 Å². The zero-order valence-electron chi connectivity index (χ0n) is 13.7. The molecule has 0 aliphatic heterocycles. The predicted molar refractivity (Wildman–Crippen MR) is 88.3 cm³/mol. The topological polar surface area (TPSA) is 134 Å². The number of hydrogen-bond acceptors (Lipinski definition) is 6. The number of benzene rings is 1. The third kappa shape index (κ3) is 4.10. The van der Waals surface area contributed by atoms with Gasteiger partial charge >= 0.3 is 11.9 Å². The molecule has 0 atom stereocenters. The fraction of sp³-hybridized carbons (Fsp3) is 0.267. The molecule has 0 fully saturated rings. The lowest BCUT2D eigenvalue weighted by molar-refractivity contribution is -0.392. The minimum atomic E-state index is -0.665. The number of aryl methyl sites for hydroxylation is 1. The van der Waals surface area contributed by atoms with Crippen LogP contribution in [0.2, 0.25) is 0 Å². The van der Waals surface area contributed by atoms with Crippen LogP contribution in [0.5, 0.6) is 0 Å². The molecule has 132 valence electrons. The Kier molecular flexibility index (Phi) is 5.32. The first kappa shape index (κ1) is 17.9. The van der Waals surface area contributed by atoms with E-state index in [-0.39, 0.29) is 24.5 Å². The average molecular weight is 347 g/mol. The summed E-state index contributed by atoms with van der Waals surface area (Å²) in [6, 6.07) is 6.22. The first-order valence-electron chi connectivity index (χ1n) is 7.28. The number of nitrogens with zero attached hydrogens (tertiary/aromatic N) is 4. The molecule has 2 rings (SSSR count). The average Bonchev–Trinajstić information content (AvgIpc) is 2.95. The van der Waals surface area contributed by atoms with Crippen molar-refractivity contribution in [1.29, 1.82) is 0 Å². The van der Waals surface area contributed by atoms with Gasteiger partial charge in [0.25, 0.3) is 0 Å². The maximum absolute atomic E-state index is 12.1. The van der Waals surface area contributed by atoms with E-state index in [1.807, 2.05) is 0 Å². The van der Waals surface area contributed by atoms with E-state index in [4.69, 9.17) is 10.5 Å². The Morgan fingerprint density at radius 2 is 2.16 bits per heavy atom. The molecule has 2 aromatic rings. The first-order valence-corrected chi connectivity index (χ1v) is 7.28. The van der Waals surface area contributed by atoms with Crippen LogP contribution in [-0.2, 0) is 11.3 Å². The van der Waals surface area contributed by atoms with Crippen LogP contribution in [0.25, 0.3) is 0 Å². The highest BCUT2D eigenvalue weighted by Crippen LogP contribution is 2.16. The van der Waals surface area contributed by atoms with Gasteiger partial charge in [-0.2, -0.15) is 0 Å². The monoisotopic (exact) mass is 347 g/mol. The number of imidazole rings is 1. The van der Waals surface area contributed by atoms with Crippen LogP contribution in [0.1, 0.15) is 16.2 Å². The largest absolute Gasteiger partial charge is 0.445 e. The SMILES string of the molecule is Cc1ncc([N+](=O)[O-])n1CCOC(=O)N(C)c1cccc(C(N)=O)c1. The van der Waals surface area contributed by atoms with E-state index in [0.717, 1.165) is 6.20 Å². The second kappa shape index (κ2) is 7.43. The Bertz CT molecular complexity index is 816. The fourth-order valence-corrected chi connectivity index (χ4v) is 2.17. The summed E-state index contributed by atoms with van der Waals surface area (Å²) in [5.41, 5.74) is 5.91. The van der Waals surface area contributed by atoms with E-state index in [1.54, 1.807) is 19.1 Å². The van der Waals surface area contributed by atoms with Crippen LogP contribution in [0, 0.1) is 17.0 Å². The maximum atomic E-state index is 12.1. The summed E-state index contributed by atoms with van der Waals surface area (Å²) >= 11 is 0.